The van der Waals surface area contributed by atoms with Crippen molar-refractivity contribution >= 4 is 40.1 Å². The first kappa shape index (κ1) is 20.3. The van der Waals surface area contributed by atoms with Gasteiger partial charge in [-0.1, -0.05) is 41.4 Å². The number of aromatic nitrogens is 4. The predicted molar refractivity (Wildman–Crippen MR) is 114 cm³/mol. The van der Waals surface area contributed by atoms with Crippen molar-refractivity contribution in [1.29, 1.82) is 0 Å². The van der Waals surface area contributed by atoms with Gasteiger partial charge >= 0.3 is 6.01 Å². The number of fused-ring (bicyclic) bond motifs is 1. The Labute approximate surface area is 180 Å². The molecule has 0 saturated carbocycles. The molecule has 0 aliphatic carbocycles. The van der Waals surface area contributed by atoms with Crippen LogP contribution in [-0.4, -0.2) is 37.9 Å². The predicted octanol–water partition coefficient (Wildman–Crippen LogP) is 5.05. The van der Waals surface area contributed by atoms with Gasteiger partial charge in [0.05, 0.1) is 22.2 Å². The molecule has 3 N–H and O–H groups in total. The molecule has 1 atom stereocenters. The molecule has 0 fully saturated rings. The molecule has 0 aliphatic rings. The number of nitrogens with one attached hydrogen (secondary N) is 2. The fourth-order valence-corrected chi connectivity index (χ4v) is 3.27. The average Bonchev–Trinajstić information content (AvgIpc) is 3.12. The molecule has 0 spiro atoms. The van der Waals surface area contributed by atoms with Crippen LogP contribution in [0.5, 0.6) is 11.8 Å². The van der Waals surface area contributed by atoms with E-state index in [1.807, 2.05) is 18.2 Å². The monoisotopic (exact) mass is 447 g/mol. The molecule has 2 heterocycles. The van der Waals surface area contributed by atoms with Crippen molar-refractivity contribution in [1.82, 2.24) is 20.2 Å². The number of benzene rings is 2. The maximum absolute atomic E-state index is 13.3. The molecule has 1 unspecified atom stereocenters. The van der Waals surface area contributed by atoms with Crippen molar-refractivity contribution in [3.8, 4) is 23.0 Å². The van der Waals surface area contributed by atoms with Crippen LogP contribution in [0.1, 0.15) is 6.92 Å². The minimum Gasteiger partial charge on any atom is -0.423 e. The average molecular weight is 448 g/mol. The van der Waals surface area contributed by atoms with Crippen LogP contribution in [0.25, 0.3) is 22.3 Å². The van der Waals surface area contributed by atoms with E-state index in [1.165, 1.54) is 12.1 Å². The molecule has 30 heavy (non-hydrogen) atoms. The third-order valence-corrected chi connectivity index (χ3v) is 4.82. The topological polar surface area (TPSA) is 95.9 Å². The summed E-state index contributed by atoms with van der Waals surface area (Å²) in [7, 11) is 0. The van der Waals surface area contributed by atoms with Crippen molar-refractivity contribution in [3.05, 3.63) is 58.3 Å². The van der Waals surface area contributed by atoms with Crippen LogP contribution < -0.4 is 10.1 Å². The van der Waals surface area contributed by atoms with Gasteiger partial charge < -0.3 is 15.2 Å². The highest BCUT2D eigenvalue weighted by atomic mass is 35.5. The third kappa shape index (κ3) is 4.16. The second kappa shape index (κ2) is 8.43. The molecule has 0 aliphatic heterocycles. The Morgan fingerprint density at radius 3 is 2.70 bits per heavy atom. The largest absolute Gasteiger partial charge is 0.423 e. The van der Waals surface area contributed by atoms with Crippen LogP contribution in [0.3, 0.4) is 0 Å². The summed E-state index contributed by atoms with van der Waals surface area (Å²) >= 11 is 12.4. The third-order valence-electron chi connectivity index (χ3n) is 4.20. The summed E-state index contributed by atoms with van der Waals surface area (Å²) in [4.78, 5) is 8.73. The number of hydrogen-bond acceptors (Lipinski definition) is 6. The molecular weight excluding hydrogens is 432 g/mol. The van der Waals surface area contributed by atoms with Gasteiger partial charge in [-0.25, -0.2) is 4.39 Å². The number of aliphatic hydroxyl groups is 1. The SMILES string of the molecule is CC(O)CNc1nc(Oc2ccc(F)cc2Cl)nc2n[nH]c(-c3ccccc3Cl)c12. The van der Waals surface area contributed by atoms with Crippen LogP contribution in [-0.2, 0) is 0 Å². The Hall–Kier alpha value is -2.94. The molecule has 2 aromatic heterocycles. The second-order valence-electron chi connectivity index (χ2n) is 6.54. The highest BCUT2D eigenvalue weighted by Crippen LogP contribution is 2.36. The van der Waals surface area contributed by atoms with E-state index >= 15 is 0 Å². The van der Waals surface area contributed by atoms with Crippen molar-refractivity contribution in [2.75, 3.05) is 11.9 Å². The summed E-state index contributed by atoms with van der Waals surface area (Å²) in [6.45, 7) is 1.88. The van der Waals surface area contributed by atoms with E-state index in [9.17, 15) is 9.50 Å². The number of aromatic amines is 1. The molecule has 4 aromatic rings. The number of nitrogens with zero attached hydrogens (tertiary/aromatic N) is 3. The van der Waals surface area contributed by atoms with Gasteiger partial charge in [-0.2, -0.15) is 15.1 Å². The summed E-state index contributed by atoms with van der Waals surface area (Å²) in [6.07, 6.45) is -0.624. The summed E-state index contributed by atoms with van der Waals surface area (Å²) in [6, 6.07) is 11.0. The van der Waals surface area contributed by atoms with E-state index in [0.29, 0.717) is 27.6 Å². The van der Waals surface area contributed by atoms with Gasteiger partial charge in [0.2, 0.25) is 0 Å². The van der Waals surface area contributed by atoms with Crippen LogP contribution >= 0.6 is 23.2 Å². The van der Waals surface area contributed by atoms with Gasteiger partial charge in [-0.3, -0.25) is 5.10 Å². The summed E-state index contributed by atoms with van der Waals surface area (Å²) in [5.41, 5.74) is 1.66. The number of halogens is 3. The van der Waals surface area contributed by atoms with Gasteiger partial charge in [-0.05, 0) is 31.2 Å². The van der Waals surface area contributed by atoms with Gasteiger partial charge in [-0.15, -0.1) is 0 Å². The second-order valence-corrected chi connectivity index (χ2v) is 7.35. The standard InChI is InChI=1S/C20H16Cl2FN5O2/c1-10(29)9-24-18-16-17(12-4-2-3-5-13(12)21)27-28-19(16)26-20(25-18)30-15-7-6-11(23)8-14(15)22/h2-8,10,29H,9H2,1H3,(H2,24,25,26,27,28). The number of hydrogen-bond donors (Lipinski definition) is 3. The van der Waals surface area contributed by atoms with E-state index in [2.05, 4.69) is 25.5 Å². The summed E-state index contributed by atoms with van der Waals surface area (Å²) < 4.78 is 19.0. The van der Waals surface area contributed by atoms with E-state index in [1.54, 1.807) is 13.0 Å². The van der Waals surface area contributed by atoms with Gasteiger partial charge in [0.25, 0.3) is 0 Å². The van der Waals surface area contributed by atoms with E-state index in [-0.39, 0.29) is 23.3 Å². The lowest BCUT2D eigenvalue weighted by Gasteiger charge is -2.12. The number of rotatable bonds is 6. The molecule has 0 radical (unpaired) electrons. The number of aliphatic hydroxyl groups excluding tert-OH is 1. The Balaban J connectivity index is 1.82. The fraction of sp³-hybridized carbons (Fsp3) is 0.150. The molecular formula is C20H16Cl2FN5O2. The first-order valence-electron chi connectivity index (χ1n) is 8.98. The molecule has 0 bridgehead atoms. The number of H-pyrrole nitrogens is 1. The molecule has 0 amide bonds. The molecule has 0 saturated heterocycles. The van der Waals surface area contributed by atoms with Crippen molar-refractivity contribution in [3.63, 3.8) is 0 Å². The zero-order chi connectivity index (χ0) is 21.3. The maximum atomic E-state index is 13.3. The zero-order valence-corrected chi connectivity index (χ0v) is 17.2. The van der Waals surface area contributed by atoms with E-state index in [0.717, 1.165) is 11.6 Å². The van der Waals surface area contributed by atoms with Crippen LogP contribution in [0.2, 0.25) is 10.0 Å². The Morgan fingerprint density at radius 1 is 1.17 bits per heavy atom. The smallest absolute Gasteiger partial charge is 0.326 e. The maximum Gasteiger partial charge on any atom is 0.326 e. The van der Waals surface area contributed by atoms with E-state index < -0.39 is 11.9 Å². The number of anilines is 1. The Bertz CT molecular complexity index is 1220. The van der Waals surface area contributed by atoms with E-state index in [4.69, 9.17) is 27.9 Å². The van der Waals surface area contributed by atoms with Gasteiger partial charge in [0, 0.05) is 17.1 Å². The molecule has 154 valence electrons. The first-order chi connectivity index (χ1) is 14.4. The first-order valence-corrected chi connectivity index (χ1v) is 9.74. The van der Waals surface area contributed by atoms with Crippen molar-refractivity contribution < 1.29 is 14.2 Å². The molecule has 4 rings (SSSR count). The van der Waals surface area contributed by atoms with Crippen molar-refractivity contribution in [2.45, 2.75) is 13.0 Å². The van der Waals surface area contributed by atoms with Crippen LogP contribution in [0, 0.1) is 5.82 Å². The molecule has 7 nitrogen and oxygen atoms in total. The summed E-state index contributed by atoms with van der Waals surface area (Å²) in [5.74, 6) is 0.0956. The van der Waals surface area contributed by atoms with Crippen LogP contribution in [0.4, 0.5) is 10.2 Å². The lowest BCUT2D eigenvalue weighted by molar-refractivity contribution is 0.208. The lowest BCUT2D eigenvalue weighted by Crippen LogP contribution is -2.16. The highest BCUT2D eigenvalue weighted by Gasteiger charge is 2.19. The zero-order valence-electron chi connectivity index (χ0n) is 15.7. The lowest BCUT2D eigenvalue weighted by atomic mass is 10.1. The molecule has 2 aromatic carbocycles. The number of ether oxygens (including phenoxy) is 1. The van der Waals surface area contributed by atoms with Gasteiger partial charge in [0.1, 0.15) is 17.4 Å². The Morgan fingerprint density at radius 2 is 1.97 bits per heavy atom. The minimum atomic E-state index is -0.624. The quantitative estimate of drug-likeness (QED) is 0.382. The fourth-order valence-electron chi connectivity index (χ4n) is 2.84. The highest BCUT2D eigenvalue weighted by molar-refractivity contribution is 6.33. The summed E-state index contributed by atoms with van der Waals surface area (Å²) in [5, 5.41) is 21.2. The molecule has 10 heteroatoms. The van der Waals surface area contributed by atoms with Crippen molar-refractivity contribution in [2.24, 2.45) is 0 Å². The minimum absolute atomic E-state index is 0.0405. The Kier molecular flexibility index (Phi) is 5.72. The normalized spacial score (nSPS) is 12.2. The van der Waals surface area contributed by atoms with Crippen LogP contribution in [0.15, 0.2) is 42.5 Å². The van der Waals surface area contributed by atoms with Gasteiger partial charge in [0.15, 0.2) is 5.65 Å².